The van der Waals surface area contributed by atoms with Crippen LogP contribution >= 0.6 is 11.6 Å². The van der Waals surface area contributed by atoms with Gasteiger partial charge in [0.25, 0.3) is 5.91 Å². The number of nitrogens with zero attached hydrogens (tertiary/aromatic N) is 3. The first-order valence-electron chi connectivity index (χ1n) is 12.4. The van der Waals surface area contributed by atoms with Crippen LogP contribution < -0.4 is 0 Å². The number of likely N-dealkylation sites (tertiary alicyclic amines) is 1. The fourth-order valence-electron chi connectivity index (χ4n) is 5.31. The number of rotatable bonds is 2. The second-order valence-electron chi connectivity index (χ2n) is 10.7. The lowest BCUT2D eigenvalue weighted by Gasteiger charge is -2.40. The summed E-state index contributed by atoms with van der Waals surface area (Å²) in [5.41, 5.74) is 1.20. The van der Waals surface area contributed by atoms with E-state index in [1.54, 1.807) is 51.2 Å². The Kier molecular flexibility index (Phi) is 6.54. The van der Waals surface area contributed by atoms with Crippen molar-refractivity contribution in [3.63, 3.8) is 0 Å². The normalized spacial score (nSPS) is 18.7. The molecule has 0 N–H and O–H groups in total. The molecule has 0 radical (unpaired) electrons. The van der Waals surface area contributed by atoms with E-state index in [-0.39, 0.29) is 37.1 Å². The zero-order chi connectivity index (χ0) is 27.4. The summed E-state index contributed by atoms with van der Waals surface area (Å²) in [6.45, 7) is 5.68. The van der Waals surface area contributed by atoms with Crippen molar-refractivity contribution in [2.75, 3.05) is 13.1 Å². The molecule has 2 aliphatic rings. The second kappa shape index (κ2) is 9.45. The SMILES string of the molecule is CC(C)(C)OC(=O)N1CCC(N2C(=O)c3cc(-c4ccc(Cl)c5ncccc45)ccc3C2C(F)(F)F)CC1. The lowest BCUT2D eigenvalue weighted by atomic mass is 9.95. The van der Waals surface area contributed by atoms with Crippen LogP contribution in [-0.4, -0.2) is 57.7 Å². The molecular weight excluding hydrogens is 519 g/mol. The number of pyridine rings is 1. The maximum atomic E-state index is 14.4. The highest BCUT2D eigenvalue weighted by atomic mass is 35.5. The number of hydrogen-bond acceptors (Lipinski definition) is 4. The molecule has 1 unspecified atom stereocenters. The smallest absolute Gasteiger partial charge is 0.413 e. The number of benzene rings is 2. The van der Waals surface area contributed by atoms with Crippen molar-refractivity contribution in [1.82, 2.24) is 14.8 Å². The van der Waals surface area contributed by atoms with Gasteiger partial charge < -0.3 is 14.5 Å². The summed E-state index contributed by atoms with van der Waals surface area (Å²) < 4.78 is 48.5. The van der Waals surface area contributed by atoms with Gasteiger partial charge in [0.2, 0.25) is 0 Å². The Bertz CT molecular complexity index is 1410. The summed E-state index contributed by atoms with van der Waals surface area (Å²) in [6, 6.07) is 8.88. The molecule has 38 heavy (non-hydrogen) atoms. The van der Waals surface area contributed by atoms with Gasteiger partial charge in [-0.25, -0.2) is 4.79 Å². The molecule has 200 valence electrons. The maximum Gasteiger partial charge on any atom is 0.413 e. The average Bonchev–Trinajstić information content (AvgIpc) is 3.16. The summed E-state index contributed by atoms with van der Waals surface area (Å²) in [5, 5.41) is 1.20. The zero-order valence-electron chi connectivity index (χ0n) is 21.2. The van der Waals surface area contributed by atoms with Crippen LogP contribution in [0.15, 0.2) is 48.7 Å². The average molecular weight is 546 g/mol. The van der Waals surface area contributed by atoms with Gasteiger partial charge in [-0.05, 0) is 68.5 Å². The molecule has 0 aliphatic carbocycles. The van der Waals surface area contributed by atoms with Gasteiger partial charge in [0, 0.05) is 36.3 Å². The van der Waals surface area contributed by atoms with Gasteiger partial charge in [-0.2, -0.15) is 13.2 Å². The molecule has 5 rings (SSSR count). The number of amides is 2. The highest BCUT2D eigenvalue weighted by molar-refractivity contribution is 6.35. The molecule has 3 heterocycles. The minimum Gasteiger partial charge on any atom is -0.444 e. The predicted octanol–water partition coefficient (Wildman–Crippen LogP) is 7.01. The number of alkyl halides is 3. The molecule has 1 fully saturated rings. The van der Waals surface area contributed by atoms with Crippen molar-refractivity contribution in [3.8, 4) is 11.1 Å². The largest absolute Gasteiger partial charge is 0.444 e. The molecule has 2 aliphatic heterocycles. The quantitative estimate of drug-likeness (QED) is 0.347. The molecule has 1 aromatic heterocycles. The van der Waals surface area contributed by atoms with Crippen molar-refractivity contribution >= 4 is 34.5 Å². The number of halogens is 4. The van der Waals surface area contributed by atoms with Crippen LogP contribution in [0.2, 0.25) is 5.02 Å². The maximum absolute atomic E-state index is 14.4. The van der Waals surface area contributed by atoms with E-state index in [4.69, 9.17) is 16.3 Å². The number of piperidine rings is 1. The monoisotopic (exact) mass is 545 g/mol. The first kappa shape index (κ1) is 26.3. The predicted molar refractivity (Wildman–Crippen MR) is 138 cm³/mol. The Morgan fingerprint density at radius 2 is 1.76 bits per heavy atom. The number of ether oxygens (including phenoxy) is 1. The lowest BCUT2D eigenvalue weighted by Crippen LogP contribution is -2.50. The van der Waals surface area contributed by atoms with Crippen LogP contribution in [0.4, 0.5) is 18.0 Å². The van der Waals surface area contributed by atoms with Crippen molar-refractivity contribution in [2.45, 2.75) is 57.5 Å². The van der Waals surface area contributed by atoms with Crippen molar-refractivity contribution in [1.29, 1.82) is 0 Å². The third-order valence-electron chi connectivity index (χ3n) is 6.94. The number of carbonyl (C=O) groups is 2. The van der Waals surface area contributed by atoms with Crippen molar-refractivity contribution in [2.24, 2.45) is 0 Å². The van der Waals surface area contributed by atoms with Gasteiger partial charge in [0.15, 0.2) is 6.04 Å². The molecule has 0 spiro atoms. The number of fused-ring (bicyclic) bond motifs is 2. The van der Waals surface area contributed by atoms with E-state index >= 15 is 0 Å². The first-order chi connectivity index (χ1) is 17.8. The minimum absolute atomic E-state index is 0.0337. The summed E-state index contributed by atoms with van der Waals surface area (Å²) in [5.74, 6) is -0.656. The summed E-state index contributed by atoms with van der Waals surface area (Å²) in [4.78, 5) is 32.7. The lowest BCUT2D eigenvalue weighted by molar-refractivity contribution is -0.182. The van der Waals surface area contributed by atoms with Crippen LogP contribution in [0.25, 0.3) is 22.0 Å². The fourth-order valence-corrected chi connectivity index (χ4v) is 5.52. The van der Waals surface area contributed by atoms with Gasteiger partial charge in [0.05, 0.1) is 10.5 Å². The highest BCUT2D eigenvalue weighted by Crippen LogP contribution is 2.48. The Labute approximate surface area is 223 Å². The van der Waals surface area contributed by atoms with Crippen LogP contribution in [0.3, 0.4) is 0 Å². The van der Waals surface area contributed by atoms with E-state index in [1.165, 1.54) is 17.0 Å². The van der Waals surface area contributed by atoms with Crippen LogP contribution in [0.1, 0.15) is 55.6 Å². The Balaban J connectivity index is 1.46. The summed E-state index contributed by atoms with van der Waals surface area (Å²) in [7, 11) is 0. The standard InChI is InChI=1S/C28H27ClF3N3O3/c1-27(2,3)38-26(37)34-13-10-17(11-14-34)35-24(28(30,31)32)20-7-6-16(15-21(20)25(35)36)18-8-9-22(29)23-19(18)5-4-12-33-23/h4-9,12,15,17,24H,10-11,13-14H2,1-3H3. The third-order valence-corrected chi connectivity index (χ3v) is 7.25. The highest BCUT2D eigenvalue weighted by Gasteiger charge is 2.54. The number of hydrogen-bond donors (Lipinski definition) is 0. The topological polar surface area (TPSA) is 62.7 Å². The molecule has 0 bridgehead atoms. The fraction of sp³-hybridized carbons (Fsp3) is 0.393. The summed E-state index contributed by atoms with van der Waals surface area (Å²) >= 11 is 6.29. The van der Waals surface area contributed by atoms with E-state index < -0.39 is 35.9 Å². The van der Waals surface area contributed by atoms with Gasteiger partial charge >= 0.3 is 12.3 Å². The second-order valence-corrected chi connectivity index (χ2v) is 11.1. The first-order valence-corrected chi connectivity index (χ1v) is 12.8. The Morgan fingerprint density at radius 1 is 1.05 bits per heavy atom. The van der Waals surface area contributed by atoms with E-state index in [1.807, 2.05) is 6.07 Å². The molecular formula is C28H27ClF3N3O3. The van der Waals surface area contributed by atoms with Crippen LogP contribution in [0, 0.1) is 0 Å². The Hall–Kier alpha value is -3.33. The molecule has 1 saturated heterocycles. The van der Waals surface area contributed by atoms with Gasteiger partial charge in [-0.1, -0.05) is 35.9 Å². The molecule has 1 atom stereocenters. The molecule has 0 saturated carbocycles. The van der Waals surface area contributed by atoms with Gasteiger partial charge in [0.1, 0.15) is 5.60 Å². The molecule has 3 aromatic rings. The van der Waals surface area contributed by atoms with E-state index in [9.17, 15) is 22.8 Å². The molecule has 10 heteroatoms. The number of aromatic nitrogens is 1. The van der Waals surface area contributed by atoms with E-state index in [0.717, 1.165) is 15.8 Å². The van der Waals surface area contributed by atoms with Gasteiger partial charge in [-0.15, -0.1) is 0 Å². The Morgan fingerprint density at radius 3 is 2.42 bits per heavy atom. The molecule has 2 aromatic carbocycles. The minimum atomic E-state index is -4.65. The van der Waals surface area contributed by atoms with Crippen LogP contribution in [0.5, 0.6) is 0 Å². The van der Waals surface area contributed by atoms with Crippen LogP contribution in [-0.2, 0) is 4.74 Å². The molecule has 2 amide bonds. The summed E-state index contributed by atoms with van der Waals surface area (Å²) in [6.07, 6.45) is -3.09. The van der Waals surface area contributed by atoms with E-state index in [0.29, 0.717) is 16.1 Å². The zero-order valence-corrected chi connectivity index (χ0v) is 21.9. The number of carbonyl (C=O) groups excluding carboxylic acids is 2. The van der Waals surface area contributed by atoms with Crippen molar-refractivity contribution in [3.05, 3.63) is 64.8 Å². The van der Waals surface area contributed by atoms with Gasteiger partial charge in [-0.3, -0.25) is 9.78 Å². The third kappa shape index (κ3) is 4.79. The van der Waals surface area contributed by atoms with Crippen molar-refractivity contribution < 1.29 is 27.5 Å². The van der Waals surface area contributed by atoms with E-state index in [2.05, 4.69) is 4.98 Å². The molecule has 6 nitrogen and oxygen atoms in total.